The fourth-order valence-corrected chi connectivity index (χ4v) is 1.56. The lowest BCUT2D eigenvalue weighted by molar-refractivity contribution is 0.0696. The van der Waals surface area contributed by atoms with Crippen molar-refractivity contribution in [2.24, 2.45) is 0 Å². The second-order valence-corrected chi connectivity index (χ2v) is 3.58. The number of benzene rings is 1. The highest BCUT2D eigenvalue weighted by Gasteiger charge is 2.12. The van der Waals surface area contributed by atoms with Gasteiger partial charge in [-0.1, -0.05) is 6.07 Å². The maximum Gasteiger partial charge on any atom is 0.339 e. The lowest BCUT2D eigenvalue weighted by atomic mass is 10.3. The Morgan fingerprint density at radius 2 is 2.24 bits per heavy atom. The first-order chi connectivity index (χ1) is 8.11. The monoisotopic (exact) mass is 232 g/mol. The van der Waals surface area contributed by atoms with Crippen LogP contribution in [0.2, 0.25) is 0 Å². The normalized spacial score (nSPS) is 10.2. The Balaban J connectivity index is 2.46. The number of hydrogen-bond donors (Lipinski definition) is 1. The Hall–Kier alpha value is -2.30. The summed E-state index contributed by atoms with van der Waals surface area (Å²) in [4.78, 5) is 10.9. The lowest BCUT2D eigenvalue weighted by Crippen LogP contribution is -1.96. The predicted octanol–water partition coefficient (Wildman–Crippen LogP) is 1.89. The minimum absolute atomic E-state index is 0.202. The highest BCUT2D eigenvalue weighted by Crippen LogP contribution is 2.17. The molecule has 0 saturated carbocycles. The molecule has 0 fully saturated rings. The number of aromatic nitrogens is 2. The Morgan fingerprint density at radius 3 is 2.82 bits per heavy atom. The van der Waals surface area contributed by atoms with Crippen LogP contribution in [-0.4, -0.2) is 28.0 Å². The van der Waals surface area contributed by atoms with E-state index in [4.69, 9.17) is 9.84 Å². The minimum Gasteiger partial charge on any atom is -0.497 e. The Labute approximate surface area is 98.3 Å². The molecule has 0 radical (unpaired) electrons. The Kier molecular flexibility index (Phi) is 2.82. The maximum atomic E-state index is 10.9. The molecule has 0 saturated heterocycles. The van der Waals surface area contributed by atoms with E-state index in [-0.39, 0.29) is 5.56 Å². The summed E-state index contributed by atoms with van der Waals surface area (Å²) < 4.78 is 6.63. The van der Waals surface area contributed by atoms with Crippen LogP contribution in [0.4, 0.5) is 0 Å². The molecule has 0 amide bonds. The van der Waals surface area contributed by atoms with Gasteiger partial charge in [-0.3, -0.25) is 0 Å². The van der Waals surface area contributed by atoms with Crippen molar-refractivity contribution in [3.63, 3.8) is 0 Å². The predicted molar refractivity (Wildman–Crippen MR) is 61.8 cm³/mol. The largest absolute Gasteiger partial charge is 0.497 e. The molecule has 0 aliphatic carbocycles. The summed E-state index contributed by atoms with van der Waals surface area (Å²) in [5, 5.41) is 13.1. The highest BCUT2D eigenvalue weighted by atomic mass is 16.5. The van der Waals surface area contributed by atoms with Crippen LogP contribution in [0.3, 0.4) is 0 Å². The van der Waals surface area contributed by atoms with Gasteiger partial charge in [0.05, 0.1) is 18.5 Å². The summed E-state index contributed by atoms with van der Waals surface area (Å²) in [5.74, 6) is -0.274. The first-order valence-electron chi connectivity index (χ1n) is 5.06. The number of carbonyl (C=O) groups is 1. The van der Waals surface area contributed by atoms with E-state index in [9.17, 15) is 4.79 Å². The first-order valence-corrected chi connectivity index (χ1v) is 5.06. The fraction of sp³-hybridized carbons (Fsp3) is 0.167. The highest BCUT2D eigenvalue weighted by molar-refractivity contribution is 5.88. The molecule has 1 aromatic carbocycles. The number of rotatable bonds is 3. The van der Waals surface area contributed by atoms with Crippen molar-refractivity contribution < 1.29 is 14.6 Å². The molecule has 0 aliphatic rings. The third-order valence-electron chi connectivity index (χ3n) is 2.45. The van der Waals surface area contributed by atoms with Gasteiger partial charge in [-0.2, -0.15) is 5.10 Å². The van der Waals surface area contributed by atoms with Crippen molar-refractivity contribution in [2.45, 2.75) is 6.92 Å². The van der Waals surface area contributed by atoms with E-state index in [1.165, 1.54) is 10.9 Å². The van der Waals surface area contributed by atoms with Gasteiger partial charge in [0.15, 0.2) is 0 Å². The van der Waals surface area contributed by atoms with Gasteiger partial charge in [-0.25, -0.2) is 9.48 Å². The molecule has 0 spiro atoms. The van der Waals surface area contributed by atoms with Crippen LogP contribution in [0.25, 0.3) is 5.69 Å². The molecule has 88 valence electrons. The Bertz CT molecular complexity index is 561. The SMILES string of the molecule is COc1cccc(-n2cc(C(=O)O)c(C)n2)c1. The first kappa shape index (κ1) is 11.2. The second-order valence-electron chi connectivity index (χ2n) is 3.58. The van der Waals surface area contributed by atoms with Crippen LogP contribution < -0.4 is 4.74 Å². The van der Waals surface area contributed by atoms with E-state index in [0.29, 0.717) is 11.4 Å². The smallest absolute Gasteiger partial charge is 0.339 e. The number of hydrogen-bond acceptors (Lipinski definition) is 3. The lowest BCUT2D eigenvalue weighted by Gasteiger charge is -2.03. The van der Waals surface area contributed by atoms with Crippen molar-refractivity contribution in [3.8, 4) is 11.4 Å². The number of carboxylic acids is 1. The molecule has 0 atom stereocenters. The van der Waals surface area contributed by atoms with Gasteiger partial charge >= 0.3 is 5.97 Å². The van der Waals surface area contributed by atoms with Crippen LogP contribution in [0.1, 0.15) is 16.1 Å². The third kappa shape index (κ3) is 2.13. The standard InChI is InChI=1S/C12H12N2O3/c1-8-11(12(15)16)7-14(13-8)9-4-3-5-10(6-9)17-2/h3-7H,1-2H3,(H,15,16). The zero-order chi connectivity index (χ0) is 12.4. The van der Waals surface area contributed by atoms with Gasteiger partial charge in [0.2, 0.25) is 0 Å². The molecular formula is C12H12N2O3. The van der Waals surface area contributed by atoms with Gasteiger partial charge in [0.25, 0.3) is 0 Å². The average Bonchev–Trinajstić information content (AvgIpc) is 2.71. The zero-order valence-corrected chi connectivity index (χ0v) is 9.54. The summed E-state index contributed by atoms with van der Waals surface area (Å²) in [5.41, 5.74) is 1.45. The second kappa shape index (κ2) is 4.29. The quantitative estimate of drug-likeness (QED) is 0.877. The maximum absolute atomic E-state index is 10.9. The molecule has 1 heterocycles. The molecule has 5 nitrogen and oxygen atoms in total. The number of aryl methyl sites for hydroxylation is 1. The minimum atomic E-state index is -0.975. The molecule has 2 aromatic rings. The zero-order valence-electron chi connectivity index (χ0n) is 9.54. The number of aromatic carboxylic acids is 1. The van der Waals surface area contributed by atoms with Gasteiger partial charge in [-0.05, 0) is 19.1 Å². The number of carboxylic acid groups (broad SMARTS) is 1. The van der Waals surface area contributed by atoms with Crippen molar-refractivity contribution >= 4 is 5.97 Å². The van der Waals surface area contributed by atoms with E-state index in [0.717, 1.165) is 5.69 Å². The molecule has 1 aromatic heterocycles. The van der Waals surface area contributed by atoms with E-state index in [1.807, 2.05) is 18.2 Å². The topological polar surface area (TPSA) is 64.3 Å². The molecule has 2 rings (SSSR count). The summed E-state index contributed by atoms with van der Waals surface area (Å²) in [6.07, 6.45) is 1.49. The van der Waals surface area contributed by atoms with Gasteiger partial charge in [0, 0.05) is 12.3 Å². The van der Waals surface area contributed by atoms with Crippen LogP contribution in [0.15, 0.2) is 30.5 Å². The summed E-state index contributed by atoms with van der Waals surface area (Å²) in [7, 11) is 1.58. The van der Waals surface area contributed by atoms with E-state index in [1.54, 1.807) is 20.1 Å². The van der Waals surface area contributed by atoms with Gasteiger partial charge in [-0.15, -0.1) is 0 Å². The van der Waals surface area contributed by atoms with Crippen molar-refractivity contribution in [3.05, 3.63) is 41.7 Å². The number of methoxy groups -OCH3 is 1. The summed E-state index contributed by atoms with van der Waals surface area (Å²) in [6.45, 7) is 1.67. The van der Waals surface area contributed by atoms with E-state index in [2.05, 4.69) is 5.10 Å². The molecule has 5 heteroatoms. The van der Waals surface area contributed by atoms with E-state index < -0.39 is 5.97 Å². The van der Waals surface area contributed by atoms with E-state index >= 15 is 0 Å². The van der Waals surface area contributed by atoms with Crippen LogP contribution in [-0.2, 0) is 0 Å². The number of ether oxygens (including phenoxy) is 1. The third-order valence-corrected chi connectivity index (χ3v) is 2.45. The molecule has 0 bridgehead atoms. The molecular weight excluding hydrogens is 220 g/mol. The van der Waals surface area contributed by atoms with Crippen molar-refractivity contribution in [1.82, 2.24) is 9.78 Å². The van der Waals surface area contributed by atoms with Crippen LogP contribution in [0, 0.1) is 6.92 Å². The van der Waals surface area contributed by atoms with Gasteiger partial charge in [0.1, 0.15) is 11.3 Å². The molecule has 1 N–H and O–H groups in total. The van der Waals surface area contributed by atoms with Crippen LogP contribution >= 0.6 is 0 Å². The fourth-order valence-electron chi connectivity index (χ4n) is 1.56. The van der Waals surface area contributed by atoms with Crippen LogP contribution in [0.5, 0.6) is 5.75 Å². The molecule has 0 aliphatic heterocycles. The number of nitrogens with zero attached hydrogens (tertiary/aromatic N) is 2. The van der Waals surface area contributed by atoms with Crippen molar-refractivity contribution in [1.29, 1.82) is 0 Å². The average molecular weight is 232 g/mol. The summed E-state index contributed by atoms with van der Waals surface area (Å²) >= 11 is 0. The summed E-state index contributed by atoms with van der Waals surface area (Å²) in [6, 6.07) is 7.27. The Morgan fingerprint density at radius 1 is 1.47 bits per heavy atom. The molecule has 0 unspecified atom stereocenters. The van der Waals surface area contributed by atoms with Gasteiger partial charge < -0.3 is 9.84 Å². The molecule has 17 heavy (non-hydrogen) atoms. The van der Waals surface area contributed by atoms with Crippen molar-refractivity contribution in [2.75, 3.05) is 7.11 Å².